The Labute approximate surface area is 190 Å². The van der Waals surface area contributed by atoms with Crippen LogP contribution in [0, 0.1) is 6.92 Å². The molecule has 2 aromatic carbocycles. The van der Waals surface area contributed by atoms with Gasteiger partial charge in [0, 0.05) is 31.5 Å². The summed E-state index contributed by atoms with van der Waals surface area (Å²) in [5.74, 6) is 1.35. The van der Waals surface area contributed by atoms with Gasteiger partial charge >= 0.3 is 0 Å². The largest absolute Gasteiger partial charge is 0.441 e. The van der Waals surface area contributed by atoms with Gasteiger partial charge in [-0.2, -0.15) is 0 Å². The molecule has 0 bridgehead atoms. The number of methoxy groups -OCH3 is 1. The Morgan fingerprint density at radius 1 is 1.09 bits per heavy atom. The zero-order chi connectivity index (χ0) is 22.9. The van der Waals surface area contributed by atoms with Gasteiger partial charge in [-0.3, -0.25) is 4.90 Å². The van der Waals surface area contributed by atoms with Gasteiger partial charge in [-0.25, -0.2) is 13.4 Å². The summed E-state index contributed by atoms with van der Waals surface area (Å²) in [5, 5.41) is 0. The molecule has 32 heavy (non-hydrogen) atoms. The minimum Gasteiger partial charge on any atom is -0.441 e. The van der Waals surface area contributed by atoms with Crippen LogP contribution in [0.5, 0.6) is 0 Å². The molecule has 0 radical (unpaired) electrons. The van der Waals surface area contributed by atoms with E-state index in [0.717, 1.165) is 41.2 Å². The molecule has 0 aliphatic carbocycles. The van der Waals surface area contributed by atoms with Crippen molar-refractivity contribution in [3.8, 4) is 22.6 Å². The lowest BCUT2D eigenvalue weighted by molar-refractivity contribution is 0.0578. The number of aryl methyl sites for hydroxylation is 1. The molecule has 1 aliphatic heterocycles. The van der Waals surface area contributed by atoms with Crippen LogP contribution in [0.15, 0.2) is 57.8 Å². The van der Waals surface area contributed by atoms with Crippen molar-refractivity contribution in [2.45, 2.75) is 43.7 Å². The summed E-state index contributed by atoms with van der Waals surface area (Å²) in [4.78, 5) is 7.54. The number of benzene rings is 2. The molecule has 0 amide bonds. The highest BCUT2D eigenvalue weighted by molar-refractivity contribution is 7.90. The van der Waals surface area contributed by atoms with E-state index in [1.165, 1.54) is 19.1 Å². The summed E-state index contributed by atoms with van der Waals surface area (Å²) in [7, 11) is -1.48. The molecule has 2 atom stereocenters. The number of oxazole rings is 1. The maximum absolute atomic E-state index is 11.7. The molecule has 6 nitrogen and oxygen atoms in total. The first kappa shape index (κ1) is 22.7. The summed E-state index contributed by atoms with van der Waals surface area (Å²) in [6.07, 6.45) is 3.54. The normalized spacial score (nSPS) is 18.2. The number of nitrogens with zero attached hydrogens (tertiary/aromatic N) is 2. The predicted octanol–water partition coefficient (Wildman–Crippen LogP) is 4.89. The SMILES string of the molecule is COC(CN1CCC[C@H]1C)c1nc(-c2ccc(-c3ccc(S(C)(=O)=O)cc3)cc2)oc1C. The second-order valence-electron chi connectivity index (χ2n) is 8.54. The van der Waals surface area contributed by atoms with Crippen LogP contribution < -0.4 is 0 Å². The Bertz CT molecular complexity index is 1170. The fourth-order valence-corrected chi connectivity index (χ4v) is 4.91. The topological polar surface area (TPSA) is 72.6 Å². The predicted molar refractivity (Wildman–Crippen MR) is 125 cm³/mol. The molecule has 4 rings (SSSR count). The quantitative estimate of drug-likeness (QED) is 0.506. The van der Waals surface area contributed by atoms with E-state index in [2.05, 4.69) is 11.8 Å². The van der Waals surface area contributed by atoms with Crippen LogP contribution in [0.2, 0.25) is 0 Å². The molecule has 0 spiro atoms. The molecule has 1 unspecified atom stereocenters. The smallest absolute Gasteiger partial charge is 0.226 e. The number of aromatic nitrogens is 1. The van der Waals surface area contributed by atoms with E-state index in [4.69, 9.17) is 14.1 Å². The van der Waals surface area contributed by atoms with Crippen molar-refractivity contribution in [3.05, 3.63) is 60.0 Å². The number of hydrogen-bond donors (Lipinski definition) is 0. The molecule has 0 saturated carbocycles. The van der Waals surface area contributed by atoms with Crippen LogP contribution in [-0.2, 0) is 14.6 Å². The highest BCUT2D eigenvalue weighted by atomic mass is 32.2. The molecule has 2 heterocycles. The summed E-state index contributed by atoms with van der Waals surface area (Å²) in [5.41, 5.74) is 3.68. The van der Waals surface area contributed by atoms with E-state index in [-0.39, 0.29) is 6.10 Å². The van der Waals surface area contributed by atoms with Crippen molar-refractivity contribution in [1.29, 1.82) is 0 Å². The second kappa shape index (κ2) is 9.17. The lowest BCUT2D eigenvalue weighted by Crippen LogP contribution is -2.32. The van der Waals surface area contributed by atoms with Gasteiger partial charge in [0.15, 0.2) is 9.84 Å². The molecule has 170 valence electrons. The maximum atomic E-state index is 11.7. The summed E-state index contributed by atoms with van der Waals surface area (Å²) in [6.45, 7) is 6.10. The standard InChI is InChI=1S/C25H30N2O4S/c1-17-6-5-15-27(17)16-23(30-3)24-18(2)31-25(26-24)21-9-7-19(8-10-21)20-11-13-22(14-12-20)32(4,28)29/h7-14,17,23H,5-6,15-16H2,1-4H3/t17-,23?/m1/s1. The first-order chi connectivity index (χ1) is 15.3. The third kappa shape index (κ3) is 4.80. The third-order valence-corrected chi connectivity index (χ3v) is 7.39. The zero-order valence-electron chi connectivity index (χ0n) is 19.0. The number of sulfone groups is 1. The van der Waals surface area contributed by atoms with Gasteiger partial charge in [-0.05, 0) is 68.6 Å². The van der Waals surface area contributed by atoms with Gasteiger partial charge in [-0.1, -0.05) is 24.3 Å². The van der Waals surface area contributed by atoms with Crippen LogP contribution in [0.25, 0.3) is 22.6 Å². The van der Waals surface area contributed by atoms with Crippen molar-refractivity contribution in [1.82, 2.24) is 9.88 Å². The summed E-state index contributed by atoms with van der Waals surface area (Å²) in [6, 6.07) is 15.4. The summed E-state index contributed by atoms with van der Waals surface area (Å²) < 4.78 is 35.1. The first-order valence-electron chi connectivity index (χ1n) is 10.9. The van der Waals surface area contributed by atoms with E-state index < -0.39 is 9.84 Å². The fourth-order valence-electron chi connectivity index (χ4n) is 4.28. The van der Waals surface area contributed by atoms with Gasteiger partial charge in [0.05, 0.1) is 4.90 Å². The molecule has 1 fully saturated rings. The van der Waals surface area contributed by atoms with E-state index >= 15 is 0 Å². The van der Waals surface area contributed by atoms with Crippen LogP contribution in [0.1, 0.15) is 37.3 Å². The Morgan fingerprint density at radius 2 is 1.69 bits per heavy atom. The Hall–Kier alpha value is -2.48. The first-order valence-corrected chi connectivity index (χ1v) is 12.8. The molecule has 7 heteroatoms. The minimum absolute atomic E-state index is 0.124. The average molecular weight is 455 g/mol. The van der Waals surface area contributed by atoms with Crippen molar-refractivity contribution in [2.24, 2.45) is 0 Å². The molecule has 1 aliphatic rings. The number of likely N-dealkylation sites (tertiary alicyclic amines) is 1. The van der Waals surface area contributed by atoms with Crippen molar-refractivity contribution < 1.29 is 17.6 Å². The highest BCUT2D eigenvalue weighted by Crippen LogP contribution is 2.30. The molecule has 1 aromatic heterocycles. The summed E-state index contributed by atoms with van der Waals surface area (Å²) >= 11 is 0. The zero-order valence-corrected chi connectivity index (χ0v) is 19.9. The monoisotopic (exact) mass is 454 g/mol. The van der Waals surface area contributed by atoms with Gasteiger partial charge < -0.3 is 9.15 Å². The van der Waals surface area contributed by atoms with Gasteiger partial charge in [0.25, 0.3) is 0 Å². The fraction of sp³-hybridized carbons (Fsp3) is 0.400. The number of rotatable bonds is 7. The number of ether oxygens (including phenoxy) is 1. The van der Waals surface area contributed by atoms with Crippen LogP contribution in [-0.4, -0.2) is 50.8 Å². The maximum Gasteiger partial charge on any atom is 0.226 e. The second-order valence-corrected chi connectivity index (χ2v) is 10.6. The van der Waals surface area contributed by atoms with E-state index in [1.54, 1.807) is 19.2 Å². The third-order valence-electron chi connectivity index (χ3n) is 6.26. The van der Waals surface area contributed by atoms with E-state index in [9.17, 15) is 8.42 Å². The molecule has 3 aromatic rings. The molecular weight excluding hydrogens is 424 g/mol. The Kier molecular flexibility index (Phi) is 6.51. The average Bonchev–Trinajstić information content (AvgIpc) is 3.36. The molecular formula is C25H30N2O4S. The lowest BCUT2D eigenvalue weighted by Gasteiger charge is -2.25. The minimum atomic E-state index is -3.20. The van der Waals surface area contributed by atoms with Crippen LogP contribution in [0.3, 0.4) is 0 Å². The van der Waals surface area contributed by atoms with Gasteiger partial charge in [0.2, 0.25) is 5.89 Å². The van der Waals surface area contributed by atoms with Crippen LogP contribution >= 0.6 is 0 Å². The van der Waals surface area contributed by atoms with Crippen molar-refractivity contribution in [2.75, 3.05) is 26.5 Å². The van der Waals surface area contributed by atoms with Crippen molar-refractivity contribution >= 4 is 9.84 Å². The lowest BCUT2D eigenvalue weighted by atomic mass is 10.0. The van der Waals surface area contributed by atoms with Crippen LogP contribution in [0.4, 0.5) is 0 Å². The van der Waals surface area contributed by atoms with Gasteiger partial charge in [-0.15, -0.1) is 0 Å². The Balaban J connectivity index is 1.53. The highest BCUT2D eigenvalue weighted by Gasteiger charge is 2.27. The van der Waals surface area contributed by atoms with Crippen molar-refractivity contribution in [3.63, 3.8) is 0 Å². The molecule has 0 N–H and O–H groups in total. The number of hydrogen-bond acceptors (Lipinski definition) is 6. The van der Waals surface area contributed by atoms with E-state index in [1.807, 2.05) is 43.3 Å². The van der Waals surface area contributed by atoms with Gasteiger partial charge in [0.1, 0.15) is 17.6 Å². The molecule has 1 saturated heterocycles. The van der Waals surface area contributed by atoms with E-state index in [0.29, 0.717) is 16.8 Å². The Morgan fingerprint density at radius 3 is 2.22 bits per heavy atom.